The van der Waals surface area contributed by atoms with Crippen molar-refractivity contribution in [3.05, 3.63) is 48.8 Å². The van der Waals surface area contributed by atoms with Gasteiger partial charge in [0.05, 0.1) is 4.90 Å². The van der Waals surface area contributed by atoms with Crippen molar-refractivity contribution in [1.29, 1.82) is 0 Å². The third-order valence-electron chi connectivity index (χ3n) is 3.35. The molecule has 122 valence electrons. The number of hydrogen-bond acceptors (Lipinski definition) is 4. The van der Waals surface area contributed by atoms with Crippen LogP contribution in [-0.4, -0.2) is 19.3 Å². The molecular formula is C17H20N2O3S. The SMILES string of the molecule is CC(C)CCC(=O)NS(=O)(=O)c1cccc(-c2ccncc2)c1. The van der Waals surface area contributed by atoms with Crippen molar-refractivity contribution < 1.29 is 13.2 Å². The Morgan fingerprint density at radius 1 is 1.13 bits per heavy atom. The van der Waals surface area contributed by atoms with E-state index in [9.17, 15) is 13.2 Å². The fourth-order valence-electron chi connectivity index (χ4n) is 2.07. The molecule has 2 rings (SSSR count). The molecule has 0 radical (unpaired) electrons. The first kappa shape index (κ1) is 17.1. The number of carbonyl (C=O) groups is 1. The number of amides is 1. The Labute approximate surface area is 136 Å². The number of aromatic nitrogens is 1. The van der Waals surface area contributed by atoms with E-state index in [0.29, 0.717) is 12.3 Å². The van der Waals surface area contributed by atoms with Gasteiger partial charge in [-0.1, -0.05) is 26.0 Å². The molecule has 23 heavy (non-hydrogen) atoms. The lowest BCUT2D eigenvalue weighted by Gasteiger charge is -2.09. The third kappa shape index (κ3) is 4.89. The van der Waals surface area contributed by atoms with Crippen LogP contribution in [0.3, 0.4) is 0 Å². The first-order chi connectivity index (χ1) is 10.9. The Morgan fingerprint density at radius 2 is 1.83 bits per heavy atom. The quantitative estimate of drug-likeness (QED) is 0.882. The van der Waals surface area contributed by atoms with Gasteiger partial charge < -0.3 is 0 Å². The molecule has 1 aromatic heterocycles. The number of rotatable bonds is 6. The van der Waals surface area contributed by atoms with Gasteiger partial charge in [-0.2, -0.15) is 0 Å². The molecule has 0 fully saturated rings. The highest BCUT2D eigenvalue weighted by Gasteiger charge is 2.18. The standard InChI is InChI=1S/C17H20N2O3S/c1-13(2)6-7-17(20)19-23(21,22)16-5-3-4-15(12-16)14-8-10-18-11-9-14/h3-5,8-13H,6-7H2,1-2H3,(H,19,20). The molecule has 0 spiro atoms. The Balaban J connectivity index is 2.19. The second-order valence-corrected chi connectivity index (χ2v) is 7.41. The number of hydrogen-bond donors (Lipinski definition) is 1. The molecule has 6 heteroatoms. The van der Waals surface area contributed by atoms with E-state index in [-0.39, 0.29) is 11.3 Å². The van der Waals surface area contributed by atoms with Gasteiger partial charge in [0, 0.05) is 18.8 Å². The summed E-state index contributed by atoms with van der Waals surface area (Å²) in [6.07, 6.45) is 4.13. The molecule has 5 nitrogen and oxygen atoms in total. The minimum Gasteiger partial charge on any atom is -0.274 e. The molecular weight excluding hydrogens is 312 g/mol. The summed E-state index contributed by atoms with van der Waals surface area (Å²) in [5.41, 5.74) is 1.62. The van der Waals surface area contributed by atoms with Gasteiger partial charge >= 0.3 is 0 Å². The van der Waals surface area contributed by atoms with Crippen LogP contribution in [0.25, 0.3) is 11.1 Å². The van der Waals surface area contributed by atoms with Gasteiger partial charge in [-0.05, 0) is 47.7 Å². The van der Waals surface area contributed by atoms with E-state index in [1.165, 1.54) is 6.07 Å². The first-order valence-electron chi connectivity index (χ1n) is 7.44. The summed E-state index contributed by atoms with van der Waals surface area (Å²) in [6.45, 7) is 3.97. The minimum absolute atomic E-state index is 0.0738. The molecule has 0 aliphatic rings. The lowest BCUT2D eigenvalue weighted by Crippen LogP contribution is -2.30. The van der Waals surface area contributed by atoms with E-state index in [0.717, 1.165) is 11.1 Å². The van der Waals surface area contributed by atoms with Gasteiger partial charge in [-0.25, -0.2) is 13.1 Å². The van der Waals surface area contributed by atoms with Crippen LogP contribution in [0.4, 0.5) is 0 Å². The van der Waals surface area contributed by atoms with Crippen molar-refractivity contribution in [2.24, 2.45) is 5.92 Å². The predicted molar refractivity (Wildman–Crippen MR) is 89.1 cm³/mol. The molecule has 1 aromatic carbocycles. The Kier molecular flexibility index (Phi) is 5.50. The third-order valence-corrected chi connectivity index (χ3v) is 4.73. The summed E-state index contributed by atoms with van der Waals surface area (Å²) < 4.78 is 26.8. The van der Waals surface area contributed by atoms with Gasteiger partial charge in [0.25, 0.3) is 10.0 Å². The summed E-state index contributed by atoms with van der Waals surface area (Å²) >= 11 is 0. The topological polar surface area (TPSA) is 76.1 Å². The normalized spacial score (nSPS) is 11.4. The van der Waals surface area contributed by atoms with E-state index in [4.69, 9.17) is 0 Å². The maximum absolute atomic E-state index is 12.3. The Hall–Kier alpha value is -2.21. The van der Waals surface area contributed by atoms with Crippen molar-refractivity contribution >= 4 is 15.9 Å². The summed E-state index contributed by atoms with van der Waals surface area (Å²) in [7, 11) is -3.85. The van der Waals surface area contributed by atoms with Crippen LogP contribution in [0.1, 0.15) is 26.7 Å². The number of pyridine rings is 1. The van der Waals surface area contributed by atoms with E-state index in [1.54, 1.807) is 36.7 Å². The monoisotopic (exact) mass is 332 g/mol. The van der Waals surface area contributed by atoms with Crippen LogP contribution in [-0.2, 0) is 14.8 Å². The van der Waals surface area contributed by atoms with E-state index in [2.05, 4.69) is 9.71 Å². The van der Waals surface area contributed by atoms with E-state index in [1.807, 2.05) is 19.9 Å². The van der Waals surface area contributed by atoms with Crippen LogP contribution in [0.15, 0.2) is 53.7 Å². The van der Waals surface area contributed by atoms with Gasteiger partial charge in [0.1, 0.15) is 0 Å². The Bertz CT molecular complexity index is 771. The number of benzene rings is 1. The van der Waals surface area contributed by atoms with Crippen molar-refractivity contribution in [3.8, 4) is 11.1 Å². The molecule has 1 heterocycles. The molecule has 0 aliphatic carbocycles. The van der Waals surface area contributed by atoms with Crippen LogP contribution >= 0.6 is 0 Å². The van der Waals surface area contributed by atoms with Gasteiger partial charge in [0.15, 0.2) is 0 Å². The molecule has 0 unspecified atom stereocenters. The molecule has 1 N–H and O–H groups in total. The molecule has 0 bridgehead atoms. The second kappa shape index (κ2) is 7.37. The van der Waals surface area contributed by atoms with Crippen molar-refractivity contribution in [3.63, 3.8) is 0 Å². The molecule has 0 atom stereocenters. The highest BCUT2D eigenvalue weighted by atomic mass is 32.2. The lowest BCUT2D eigenvalue weighted by atomic mass is 10.1. The maximum Gasteiger partial charge on any atom is 0.264 e. The van der Waals surface area contributed by atoms with Gasteiger partial charge in [-0.15, -0.1) is 0 Å². The molecule has 0 saturated carbocycles. The van der Waals surface area contributed by atoms with Crippen molar-refractivity contribution in [2.45, 2.75) is 31.6 Å². The summed E-state index contributed by atoms with van der Waals surface area (Å²) in [5, 5.41) is 0. The maximum atomic E-state index is 12.3. The first-order valence-corrected chi connectivity index (χ1v) is 8.93. The zero-order chi connectivity index (χ0) is 16.9. The predicted octanol–water partition coefficient (Wildman–Crippen LogP) is 2.99. The molecule has 0 saturated heterocycles. The largest absolute Gasteiger partial charge is 0.274 e. The smallest absolute Gasteiger partial charge is 0.264 e. The zero-order valence-electron chi connectivity index (χ0n) is 13.2. The minimum atomic E-state index is -3.85. The van der Waals surface area contributed by atoms with E-state index < -0.39 is 15.9 Å². The summed E-state index contributed by atoms with van der Waals surface area (Å²) in [4.78, 5) is 15.8. The fraction of sp³-hybridized carbons (Fsp3) is 0.294. The number of carbonyl (C=O) groups excluding carboxylic acids is 1. The zero-order valence-corrected chi connectivity index (χ0v) is 14.0. The van der Waals surface area contributed by atoms with Gasteiger partial charge in [0.2, 0.25) is 5.91 Å². The van der Waals surface area contributed by atoms with Crippen LogP contribution in [0.5, 0.6) is 0 Å². The molecule has 1 amide bonds. The molecule has 0 aliphatic heterocycles. The van der Waals surface area contributed by atoms with E-state index >= 15 is 0 Å². The lowest BCUT2D eigenvalue weighted by molar-refractivity contribution is -0.119. The second-order valence-electron chi connectivity index (χ2n) is 5.72. The highest BCUT2D eigenvalue weighted by molar-refractivity contribution is 7.90. The van der Waals surface area contributed by atoms with Crippen LogP contribution < -0.4 is 4.72 Å². The average molecular weight is 332 g/mol. The van der Waals surface area contributed by atoms with Crippen LogP contribution in [0, 0.1) is 5.92 Å². The van der Waals surface area contributed by atoms with Crippen LogP contribution in [0.2, 0.25) is 0 Å². The van der Waals surface area contributed by atoms with Gasteiger partial charge in [-0.3, -0.25) is 9.78 Å². The number of sulfonamides is 1. The highest BCUT2D eigenvalue weighted by Crippen LogP contribution is 2.21. The summed E-state index contributed by atoms with van der Waals surface area (Å²) in [5.74, 6) is -0.133. The van der Waals surface area contributed by atoms with Crippen molar-refractivity contribution in [2.75, 3.05) is 0 Å². The fourth-order valence-corrected chi connectivity index (χ4v) is 3.13. The number of nitrogens with one attached hydrogen (secondary N) is 1. The average Bonchev–Trinajstić information content (AvgIpc) is 2.53. The summed E-state index contributed by atoms with van der Waals surface area (Å²) in [6, 6.07) is 10.1. The Morgan fingerprint density at radius 3 is 2.48 bits per heavy atom. The number of nitrogens with zero attached hydrogens (tertiary/aromatic N) is 1. The molecule has 2 aromatic rings. The van der Waals surface area contributed by atoms with Crippen molar-refractivity contribution in [1.82, 2.24) is 9.71 Å².